The van der Waals surface area contributed by atoms with Gasteiger partial charge in [-0.2, -0.15) is 10.2 Å². The topological polar surface area (TPSA) is 63.1 Å². The normalized spacial score (nSPS) is 17.4. The fourth-order valence-electron chi connectivity index (χ4n) is 6.52. The van der Waals surface area contributed by atoms with Crippen LogP contribution in [0.2, 0.25) is 0 Å². The molecule has 1 amide bonds. The summed E-state index contributed by atoms with van der Waals surface area (Å²) in [6.45, 7) is 8.76. The first-order chi connectivity index (χ1) is 21.0. The first-order valence-electron chi connectivity index (χ1n) is 15.3. The second-order valence-corrected chi connectivity index (χ2v) is 12.9. The Balaban J connectivity index is 1.46. The van der Waals surface area contributed by atoms with Crippen LogP contribution in [-0.4, -0.2) is 64.7 Å². The van der Waals surface area contributed by atoms with Crippen molar-refractivity contribution in [3.63, 3.8) is 0 Å². The number of hydrogen-bond acceptors (Lipinski definition) is 6. The monoisotopic (exact) mass is 605 g/mol. The number of alkyl halides is 2. The minimum Gasteiger partial charge on any atom is -0.444 e. The van der Waals surface area contributed by atoms with Gasteiger partial charge in [-0.15, -0.1) is 0 Å². The maximum atomic E-state index is 14.6. The van der Waals surface area contributed by atoms with Gasteiger partial charge in [-0.05, 0) is 98.0 Å². The SMILES string of the molecule is CON1CC=C(c2cc3c(c(N4CCCc5cc(-c6cnn(C)c6)c(C(F)F)cc54)c2)CN(C(=O)OC(C)(C)C)CC3)CC1. The van der Waals surface area contributed by atoms with E-state index in [1.54, 1.807) is 42.2 Å². The molecule has 0 bridgehead atoms. The van der Waals surface area contributed by atoms with Crippen molar-refractivity contribution in [1.82, 2.24) is 19.7 Å². The molecule has 8 nitrogen and oxygen atoms in total. The van der Waals surface area contributed by atoms with E-state index in [4.69, 9.17) is 9.57 Å². The Bertz CT molecular complexity index is 1590. The van der Waals surface area contributed by atoms with E-state index < -0.39 is 12.0 Å². The Kier molecular flexibility index (Phi) is 8.24. The van der Waals surface area contributed by atoms with E-state index in [1.165, 1.54) is 11.1 Å². The molecule has 0 aliphatic carbocycles. The van der Waals surface area contributed by atoms with E-state index in [0.29, 0.717) is 43.7 Å². The summed E-state index contributed by atoms with van der Waals surface area (Å²) in [6, 6.07) is 8.04. The van der Waals surface area contributed by atoms with Gasteiger partial charge >= 0.3 is 6.09 Å². The average molecular weight is 606 g/mol. The lowest BCUT2D eigenvalue weighted by Gasteiger charge is -2.38. The van der Waals surface area contributed by atoms with Crippen LogP contribution in [0.15, 0.2) is 42.7 Å². The number of benzene rings is 2. The average Bonchev–Trinajstić information content (AvgIpc) is 3.44. The van der Waals surface area contributed by atoms with Crippen LogP contribution in [-0.2, 0) is 36.0 Å². The minimum atomic E-state index is -2.64. The number of halogens is 2. The minimum absolute atomic E-state index is 0.00120. The molecule has 0 unspecified atom stereocenters. The maximum Gasteiger partial charge on any atom is 0.410 e. The van der Waals surface area contributed by atoms with Crippen molar-refractivity contribution in [2.24, 2.45) is 7.05 Å². The van der Waals surface area contributed by atoms with Gasteiger partial charge in [-0.1, -0.05) is 12.1 Å². The highest BCUT2D eigenvalue weighted by molar-refractivity contribution is 5.81. The number of anilines is 2. The van der Waals surface area contributed by atoms with Gasteiger partial charge in [0.1, 0.15) is 5.60 Å². The second-order valence-electron chi connectivity index (χ2n) is 12.9. The summed E-state index contributed by atoms with van der Waals surface area (Å²) in [6.07, 6.45) is 5.86. The number of aryl methyl sites for hydroxylation is 2. The number of carbonyl (C=O) groups excluding carboxylic acids is 1. The number of aromatic nitrogens is 2. The van der Waals surface area contributed by atoms with Crippen molar-refractivity contribution in [2.45, 2.75) is 65.0 Å². The number of amides is 1. The Labute approximate surface area is 257 Å². The second kappa shape index (κ2) is 12.0. The maximum absolute atomic E-state index is 14.6. The molecule has 44 heavy (non-hydrogen) atoms. The van der Waals surface area contributed by atoms with Crippen LogP contribution < -0.4 is 4.90 Å². The molecule has 0 fully saturated rings. The van der Waals surface area contributed by atoms with Gasteiger partial charge in [0.25, 0.3) is 6.43 Å². The summed E-state index contributed by atoms with van der Waals surface area (Å²) in [7, 11) is 3.48. The van der Waals surface area contributed by atoms with Gasteiger partial charge in [-0.3, -0.25) is 4.68 Å². The van der Waals surface area contributed by atoms with E-state index in [1.807, 2.05) is 31.9 Å². The molecule has 3 aliphatic heterocycles. The van der Waals surface area contributed by atoms with Gasteiger partial charge in [-0.25, -0.2) is 13.6 Å². The van der Waals surface area contributed by atoms with E-state index in [9.17, 15) is 13.6 Å². The third-order valence-corrected chi connectivity index (χ3v) is 8.68. The van der Waals surface area contributed by atoms with Crippen LogP contribution in [0.3, 0.4) is 0 Å². The Hall–Kier alpha value is -3.76. The smallest absolute Gasteiger partial charge is 0.410 e. The standard InChI is InChI=1S/C34H41F2N5O3/c1-34(2,3)44-33(42)39-12-8-23-15-25(22-9-13-40(43-5)14-10-22)17-31(29(23)21-39)41-11-6-7-24-16-27(26-19-37-38(4)20-26)28(32(35)36)18-30(24)41/h9,15-20,32H,6-8,10-14,21H2,1-5H3. The zero-order valence-electron chi connectivity index (χ0n) is 26.2. The van der Waals surface area contributed by atoms with E-state index in [2.05, 4.69) is 28.2 Å². The lowest BCUT2D eigenvalue weighted by molar-refractivity contribution is -0.122. The molecular formula is C34H41F2N5O3. The van der Waals surface area contributed by atoms with Gasteiger partial charge < -0.3 is 19.4 Å². The summed E-state index contributed by atoms with van der Waals surface area (Å²) >= 11 is 0. The number of rotatable bonds is 5. The highest BCUT2D eigenvalue weighted by atomic mass is 19.3. The lowest BCUT2D eigenvalue weighted by Crippen LogP contribution is -2.40. The zero-order valence-corrected chi connectivity index (χ0v) is 26.2. The molecule has 10 heteroatoms. The van der Waals surface area contributed by atoms with Crippen molar-refractivity contribution in [3.05, 3.63) is 70.6 Å². The summed E-state index contributed by atoms with van der Waals surface area (Å²) < 4.78 is 36.6. The van der Waals surface area contributed by atoms with Gasteiger partial charge in [0.2, 0.25) is 0 Å². The number of carbonyl (C=O) groups is 1. The largest absolute Gasteiger partial charge is 0.444 e. The van der Waals surface area contributed by atoms with Crippen LogP contribution in [0.4, 0.5) is 25.0 Å². The molecule has 0 N–H and O–H groups in total. The van der Waals surface area contributed by atoms with Crippen LogP contribution in [0, 0.1) is 0 Å². The van der Waals surface area contributed by atoms with Crippen molar-refractivity contribution >= 4 is 23.0 Å². The molecule has 0 saturated carbocycles. The molecule has 1 aromatic heterocycles. The first kappa shape index (κ1) is 30.3. The summed E-state index contributed by atoms with van der Waals surface area (Å²) in [5.74, 6) is 0. The molecule has 0 radical (unpaired) electrons. The van der Waals surface area contributed by atoms with Crippen LogP contribution in [0.25, 0.3) is 16.7 Å². The predicted molar refractivity (Wildman–Crippen MR) is 167 cm³/mol. The number of ether oxygens (including phenoxy) is 1. The van der Waals surface area contributed by atoms with Crippen molar-refractivity contribution in [2.75, 3.05) is 38.2 Å². The number of fused-ring (bicyclic) bond motifs is 2. The van der Waals surface area contributed by atoms with E-state index in [0.717, 1.165) is 53.9 Å². The van der Waals surface area contributed by atoms with Crippen LogP contribution in [0.5, 0.6) is 0 Å². The Morgan fingerprint density at radius 1 is 0.977 bits per heavy atom. The molecule has 0 atom stereocenters. The van der Waals surface area contributed by atoms with Crippen molar-refractivity contribution < 1.29 is 23.1 Å². The number of hydrogen-bond donors (Lipinski definition) is 0. The molecule has 4 heterocycles. The van der Waals surface area contributed by atoms with Crippen molar-refractivity contribution in [3.8, 4) is 11.1 Å². The molecular weight excluding hydrogens is 564 g/mol. The molecule has 2 aromatic carbocycles. The molecule has 0 saturated heterocycles. The highest BCUT2D eigenvalue weighted by Gasteiger charge is 2.32. The van der Waals surface area contributed by atoms with Crippen molar-refractivity contribution in [1.29, 1.82) is 0 Å². The van der Waals surface area contributed by atoms with E-state index in [-0.39, 0.29) is 11.7 Å². The third-order valence-electron chi connectivity index (χ3n) is 8.68. The predicted octanol–water partition coefficient (Wildman–Crippen LogP) is 7.05. The van der Waals surface area contributed by atoms with Crippen LogP contribution >= 0.6 is 0 Å². The fourth-order valence-corrected chi connectivity index (χ4v) is 6.52. The van der Waals surface area contributed by atoms with E-state index >= 15 is 0 Å². The molecule has 6 rings (SSSR count). The van der Waals surface area contributed by atoms with Gasteiger partial charge in [0.15, 0.2) is 0 Å². The van der Waals surface area contributed by atoms with Gasteiger partial charge in [0, 0.05) is 61.9 Å². The summed E-state index contributed by atoms with van der Waals surface area (Å²) in [5, 5.41) is 6.15. The van der Waals surface area contributed by atoms with Crippen LogP contribution in [0.1, 0.15) is 67.9 Å². The fraction of sp³-hybridized carbons (Fsp3) is 0.471. The highest BCUT2D eigenvalue weighted by Crippen LogP contribution is 2.44. The Morgan fingerprint density at radius 3 is 2.45 bits per heavy atom. The molecule has 234 valence electrons. The molecule has 3 aromatic rings. The quantitative estimate of drug-likeness (QED) is 0.311. The summed E-state index contributed by atoms with van der Waals surface area (Å²) in [4.78, 5) is 22.5. The Morgan fingerprint density at radius 2 is 1.80 bits per heavy atom. The number of nitrogens with zero attached hydrogens (tertiary/aromatic N) is 5. The van der Waals surface area contributed by atoms with Gasteiger partial charge in [0.05, 0.1) is 19.9 Å². The molecule has 3 aliphatic rings. The third kappa shape index (κ3) is 6.10. The molecule has 0 spiro atoms. The first-order valence-corrected chi connectivity index (χ1v) is 15.3. The number of hydroxylamine groups is 2. The lowest BCUT2D eigenvalue weighted by atomic mass is 9.88. The zero-order chi connectivity index (χ0) is 31.2. The summed E-state index contributed by atoms with van der Waals surface area (Å²) in [5.41, 5.74) is 8.01.